The predicted molar refractivity (Wildman–Crippen MR) is 60.6 cm³/mol. The van der Waals surface area contributed by atoms with Crippen molar-refractivity contribution in [2.75, 3.05) is 27.2 Å². The summed E-state index contributed by atoms with van der Waals surface area (Å²) in [6.07, 6.45) is 0.956. The maximum atomic E-state index is 11.1. The molecule has 0 fully saturated rings. The monoisotopic (exact) mass is 234 g/mol. The van der Waals surface area contributed by atoms with Gasteiger partial charge in [0.25, 0.3) is 0 Å². The van der Waals surface area contributed by atoms with E-state index in [0.29, 0.717) is 0 Å². The van der Waals surface area contributed by atoms with Gasteiger partial charge < -0.3 is 10.0 Å². The second-order valence-electron chi connectivity index (χ2n) is 3.42. The molecule has 0 heterocycles. The summed E-state index contributed by atoms with van der Waals surface area (Å²) in [5, 5.41) is 8.22. The molecule has 15 heavy (non-hydrogen) atoms. The number of carboxylic acids is 1. The van der Waals surface area contributed by atoms with Gasteiger partial charge in [-0.1, -0.05) is 0 Å². The molecule has 0 saturated heterocycles. The average Bonchev–Trinajstić information content (AvgIpc) is 2.13. The van der Waals surface area contributed by atoms with E-state index < -0.39 is 5.97 Å². The summed E-state index contributed by atoms with van der Waals surface area (Å²) in [7, 11) is 3.98. The smallest absolute Gasteiger partial charge is 0.303 e. The first-order chi connectivity index (χ1) is 7.02. The lowest BCUT2D eigenvalue weighted by Crippen LogP contribution is -2.18. The van der Waals surface area contributed by atoms with E-state index in [0.717, 1.165) is 31.5 Å². The Morgan fingerprint density at radius 3 is 2.53 bits per heavy atom. The average molecular weight is 234 g/mol. The largest absolute Gasteiger partial charge is 0.481 e. The van der Waals surface area contributed by atoms with E-state index in [4.69, 9.17) is 5.11 Å². The third-order valence-electron chi connectivity index (χ3n) is 1.61. The van der Waals surface area contributed by atoms with Crippen LogP contribution in [0.4, 0.5) is 0 Å². The van der Waals surface area contributed by atoms with Crippen molar-refractivity contribution >= 4 is 23.0 Å². The fourth-order valence-electron chi connectivity index (χ4n) is 0.859. The van der Waals surface area contributed by atoms with E-state index >= 15 is 0 Å². The number of carbonyl (C=O) groups is 2. The highest BCUT2D eigenvalue weighted by Gasteiger charge is 2.05. The molecule has 0 rings (SSSR count). The second kappa shape index (κ2) is 8.70. The zero-order valence-electron chi connectivity index (χ0n) is 9.15. The van der Waals surface area contributed by atoms with Crippen molar-refractivity contribution in [1.29, 1.82) is 0 Å². The first-order valence-electron chi connectivity index (χ1n) is 4.81. The highest BCUT2D eigenvalue weighted by Crippen LogP contribution is 2.03. The van der Waals surface area contributed by atoms with Crippen LogP contribution in [0.5, 0.6) is 0 Å². The summed E-state index contributed by atoms with van der Waals surface area (Å²) >= 11 is 0.999. The minimum Gasteiger partial charge on any atom is -0.481 e. The van der Waals surface area contributed by atoms with Crippen molar-refractivity contribution in [2.45, 2.75) is 19.3 Å². The summed E-state index contributed by atoms with van der Waals surface area (Å²) in [4.78, 5) is 23.3. The summed E-state index contributed by atoms with van der Waals surface area (Å²) in [6.45, 7) is 1.72. The third kappa shape index (κ3) is 11.3. The molecule has 0 aliphatic rings. The van der Waals surface area contributed by atoms with Crippen LogP contribution < -0.4 is 4.72 Å². The minimum atomic E-state index is -0.934. The number of rotatable bonds is 8. The van der Waals surface area contributed by atoms with Gasteiger partial charge in [-0.3, -0.25) is 14.3 Å². The molecule has 0 aromatic carbocycles. The number of nitrogens with one attached hydrogen (secondary N) is 1. The standard InChI is InChI=1S/C9H18N2O3S/c1-11(2)7-3-6-10-15-9(14)5-4-8(12)13/h10H,3-7H2,1-2H3,(H,12,13). The van der Waals surface area contributed by atoms with Crippen LogP contribution in [0.1, 0.15) is 19.3 Å². The van der Waals surface area contributed by atoms with E-state index in [1.165, 1.54) is 0 Å². The zero-order chi connectivity index (χ0) is 11.7. The lowest BCUT2D eigenvalue weighted by atomic mass is 10.3. The molecule has 0 aromatic heterocycles. The molecule has 0 unspecified atom stereocenters. The highest BCUT2D eigenvalue weighted by molar-refractivity contribution is 8.11. The summed E-state index contributed by atoms with van der Waals surface area (Å²) in [6, 6.07) is 0. The Bertz CT molecular complexity index is 210. The quantitative estimate of drug-likeness (QED) is 0.472. The molecule has 0 radical (unpaired) electrons. The molecule has 5 nitrogen and oxygen atoms in total. The van der Waals surface area contributed by atoms with E-state index in [2.05, 4.69) is 9.62 Å². The van der Waals surface area contributed by atoms with Crippen molar-refractivity contribution in [3.05, 3.63) is 0 Å². The van der Waals surface area contributed by atoms with Crippen molar-refractivity contribution in [2.24, 2.45) is 0 Å². The maximum absolute atomic E-state index is 11.1. The summed E-state index contributed by atoms with van der Waals surface area (Å²) in [5.74, 6) is -0.934. The summed E-state index contributed by atoms with van der Waals surface area (Å²) in [5.41, 5.74) is 0. The van der Waals surface area contributed by atoms with Gasteiger partial charge in [-0.2, -0.15) is 0 Å². The SMILES string of the molecule is CN(C)CCCNSC(=O)CCC(=O)O. The van der Waals surface area contributed by atoms with Crippen molar-refractivity contribution in [3.63, 3.8) is 0 Å². The Balaban J connectivity index is 3.28. The van der Waals surface area contributed by atoms with Crippen LogP contribution in [0.2, 0.25) is 0 Å². The number of carboxylic acid groups (broad SMARTS) is 1. The van der Waals surface area contributed by atoms with Gasteiger partial charge in [0.15, 0.2) is 0 Å². The van der Waals surface area contributed by atoms with Crippen LogP contribution in [0.25, 0.3) is 0 Å². The molecule has 0 atom stereocenters. The van der Waals surface area contributed by atoms with Crippen molar-refractivity contribution in [3.8, 4) is 0 Å². The Labute approximate surface area is 94.3 Å². The van der Waals surface area contributed by atoms with Gasteiger partial charge in [-0.25, -0.2) is 0 Å². The lowest BCUT2D eigenvalue weighted by Gasteiger charge is -2.08. The zero-order valence-corrected chi connectivity index (χ0v) is 9.97. The minimum absolute atomic E-state index is 0.0840. The maximum Gasteiger partial charge on any atom is 0.303 e. The van der Waals surface area contributed by atoms with E-state index in [9.17, 15) is 9.59 Å². The number of hydrogen-bond acceptors (Lipinski definition) is 5. The Kier molecular flexibility index (Phi) is 8.35. The van der Waals surface area contributed by atoms with Gasteiger partial charge >= 0.3 is 5.97 Å². The first-order valence-corrected chi connectivity index (χ1v) is 5.63. The number of hydrogen-bond donors (Lipinski definition) is 2. The van der Waals surface area contributed by atoms with Gasteiger partial charge in [0, 0.05) is 13.0 Å². The van der Waals surface area contributed by atoms with E-state index in [1.807, 2.05) is 14.1 Å². The molecule has 88 valence electrons. The first kappa shape index (κ1) is 14.4. The molecule has 0 saturated carbocycles. The Morgan fingerprint density at radius 2 is 2.00 bits per heavy atom. The molecule has 0 bridgehead atoms. The van der Waals surface area contributed by atoms with Crippen LogP contribution in [-0.4, -0.2) is 48.3 Å². The summed E-state index contributed by atoms with van der Waals surface area (Å²) < 4.78 is 2.91. The molecule has 2 N–H and O–H groups in total. The van der Waals surface area contributed by atoms with Gasteiger partial charge in [0.05, 0.1) is 6.42 Å². The second-order valence-corrected chi connectivity index (χ2v) is 4.37. The highest BCUT2D eigenvalue weighted by atomic mass is 32.2. The molecule has 0 aromatic rings. The van der Waals surface area contributed by atoms with Gasteiger partial charge in [-0.15, -0.1) is 0 Å². The number of nitrogens with zero attached hydrogens (tertiary/aromatic N) is 1. The molecular weight excluding hydrogens is 216 g/mol. The van der Waals surface area contributed by atoms with Crippen LogP contribution in [0.15, 0.2) is 0 Å². The molecular formula is C9H18N2O3S. The van der Waals surface area contributed by atoms with E-state index in [-0.39, 0.29) is 18.0 Å². The normalized spacial score (nSPS) is 10.6. The topological polar surface area (TPSA) is 69.6 Å². The Hall–Kier alpha value is -0.590. The van der Waals surface area contributed by atoms with E-state index in [1.54, 1.807) is 0 Å². The molecule has 6 heteroatoms. The fraction of sp³-hybridized carbons (Fsp3) is 0.778. The van der Waals surface area contributed by atoms with Crippen LogP contribution in [0, 0.1) is 0 Å². The van der Waals surface area contributed by atoms with Crippen LogP contribution >= 0.6 is 11.9 Å². The molecule has 0 aliphatic heterocycles. The fourth-order valence-corrected chi connectivity index (χ4v) is 1.47. The Morgan fingerprint density at radius 1 is 1.33 bits per heavy atom. The van der Waals surface area contributed by atoms with Crippen LogP contribution in [-0.2, 0) is 9.59 Å². The number of carbonyl (C=O) groups excluding carboxylic acids is 1. The van der Waals surface area contributed by atoms with Crippen molar-refractivity contribution < 1.29 is 14.7 Å². The van der Waals surface area contributed by atoms with Gasteiger partial charge in [0.2, 0.25) is 5.12 Å². The van der Waals surface area contributed by atoms with Gasteiger partial charge in [-0.05, 0) is 39.0 Å². The lowest BCUT2D eigenvalue weighted by molar-refractivity contribution is -0.137. The van der Waals surface area contributed by atoms with Crippen molar-refractivity contribution in [1.82, 2.24) is 9.62 Å². The third-order valence-corrected chi connectivity index (χ3v) is 2.39. The molecule has 0 amide bonds. The van der Waals surface area contributed by atoms with Gasteiger partial charge in [0.1, 0.15) is 0 Å². The number of aliphatic carboxylic acids is 1. The van der Waals surface area contributed by atoms with Crippen LogP contribution in [0.3, 0.4) is 0 Å². The predicted octanol–water partition coefficient (Wildman–Crippen LogP) is 0.567. The molecule has 0 aliphatic carbocycles. The molecule has 0 spiro atoms.